The third kappa shape index (κ3) is 4.80. The maximum absolute atomic E-state index is 15.1. The van der Waals surface area contributed by atoms with Gasteiger partial charge in [-0.2, -0.15) is 5.26 Å². The molecule has 0 aliphatic rings. The molecule has 30 heavy (non-hydrogen) atoms. The SMILES string of the molecule is Cc1c(C)n(COCCS(C)(C)C)c2c(C#N)cc(F)c(Cc3ccnc(Cl)c3)c12. The van der Waals surface area contributed by atoms with Crippen molar-refractivity contribution in [3.8, 4) is 6.07 Å². The maximum atomic E-state index is 15.1. The Morgan fingerprint density at radius 3 is 2.63 bits per heavy atom. The zero-order valence-electron chi connectivity index (χ0n) is 18.1. The van der Waals surface area contributed by atoms with Crippen LogP contribution < -0.4 is 0 Å². The van der Waals surface area contributed by atoms with Crippen molar-refractivity contribution in [3.63, 3.8) is 0 Å². The number of nitriles is 1. The predicted octanol–water partition coefficient (Wildman–Crippen LogP) is 5.58. The summed E-state index contributed by atoms with van der Waals surface area (Å²) in [6.07, 6.45) is 8.75. The minimum Gasteiger partial charge on any atom is -0.360 e. The van der Waals surface area contributed by atoms with E-state index in [-0.39, 0.29) is 5.82 Å². The van der Waals surface area contributed by atoms with Crippen molar-refractivity contribution >= 4 is 32.5 Å². The van der Waals surface area contributed by atoms with Crippen molar-refractivity contribution in [1.82, 2.24) is 9.55 Å². The molecule has 0 saturated heterocycles. The second kappa shape index (κ2) is 8.97. The highest BCUT2D eigenvalue weighted by Crippen LogP contribution is 2.35. The van der Waals surface area contributed by atoms with Gasteiger partial charge in [-0.3, -0.25) is 0 Å². The molecule has 2 aromatic heterocycles. The third-order valence-corrected chi connectivity index (χ3v) is 6.90. The molecule has 0 N–H and O–H groups in total. The first-order valence-electron chi connectivity index (χ1n) is 9.67. The van der Waals surface area contributed by atoms with E-state index in [1.807, 2.05) is 24.5 Å². The second-order valence-electron chi connectivity index (χ2n) is 8.35. The van der Waals surface area contributed by atoms with E-state index in [0.29, 0.717) is 36.0 Å². The van der Waals surface area contributed by atoms with Crippen LogP contribution in [0.2, 0.25) is 5.15 Å². The van der Waals surface area contributed by atoms with Crippen molar-refractivity contribution in [2.24, 2.45) is 0 Å². The van der Waals surface area contributed by atoms with Gasteiger partial charge in [-0.1, -0.05) is 11.6 Å². The standard InChI is InChI=1S/C23H27ClFN3OS/c1-15-16(2)28(14-29-8-9-30(3,4)5)23-18(13-26)12-20(25)19(22(15)23)10-17-6-7-27-21(24)11-17/h6-7,11-12H,8-10,14H2,1-5H3. The van der Waals surface area contributed by atoms with E-state index in [1.165, 1.54) is 6.07 Å². The molecule has 0 amide bonds. The molecule has 0 radical (unpaired) electrons. The van der Waals surface area contributed by atoms with Gasteiger partial charge in [0.25, 0.3) is 0 Å². The predicted molar refractivity (Wildman–Crippen MR) is 124 cm³/mol. The Morgan fingerprint density at radius 2 is 2.00 bits per heavy atom. The van der Waals surface area contributed by atoms with Gasteiger partial charge in [0, 0.05) is 35.0 Å². The van der Waals surface area contributed by atoms with Crippen LogP contribution in [0.25, 0.3) is 10.9 Å². The third-order valence-electron chi connectivity index (χ3n) is 5.30. The summed E-state index contributed by atoms with van der Waals surface area (Å²) in [5, 5.41) is 10.8. The first-order valence-corrected chi connectivity index (χ1v) is 13.1. The normalized spacial score (nSPS) is 12.3. The summed E-state index contributed by atoms with van der Waals surface area (Å²) in [4.78, 5) is 4.00. The molecule has 3 rings (SSSR count). The monoisotopic (exact) mass is 447 g/mol. The lowest BCUT2D eigenvalue weighted by molar-refractivity contribution is 0.0914. The Kier molecular flexibility index (Phi) is 6.76. The molecule has 0 fully saturated rings. The molecule has 0 atom stereocenters. The number of aryl methyl sites for hydroxylation is 1. The van der Waals surface area contributed by atoms with E-state index in [9.17, 15) is 5.26 Å². The number of fused-ring (bicyclic) bond motifs is 1. The summed E-state index contributed by atoms with van der Waals surface area (Å²) in [6.45, 7) is 4.95. The van der Waals surface area contributed by atoms with Gasteiger partial charge in [0.15, 0.2) is 0 Å². The average Bonchev–Trinajstić information content (AvgIpc) is 2.91. The topological polar surface area (TPSA) is 50.8 Å². The first-order chi connectivity index (χ1) is 14.1. The molecule has 0 aliphatic carbocycles. The van der Waals surface area contributed by atoms with Gasteiger partial charge in [0.1, 0.15) is 23.8 Å². The number of aromatic nitrogens is 2. The summed E-state index contributed by atoms with van der Waals surface area (Å²) < 4.78 is 23.0. The van der Waals surface area contributed by atoms with E-state index in [1.54, 1.807) is 12.3 Å². The lowest BCUT2D eigenvalue weighted by atomic mass is 9.97. The van der Waals surface area contributed by atoms with E-state index >= 15 is 4.39 Å². The van der Waals surface area contributed by atoms with Crippen LogP contribution in [-0.4, -0.2) is 40.7 Å². The van der Waals surface area contributed by atoms with Crippen LogP contribution in [-0.2, 0) is 17.9 Å². The van der Waals surface area contributed by atoms with Crippen LogP contribution >= 0.6 is 21.6 Å². The van der Waals surface area contributed by atoms with Crippen molar-refractivity contribution in [2.45, 2.75) is 27.0 Å². The Labute approximate surface area is 183 Å². The van der Waals surface area contributed by atoms with Gasteiger partial charge in [0.05, 0.1) is 17.7 Å². The molecule has 2 heterocycles. The van der Waals surface area contributed by atoms with Gasteiger partial charge >= 0.3 is 0 Å². The van der Waals surface area contributed by atoms with Crippen LogP contribution in [0, 0.1) is 31.0 Å². The fourth-order valence-electron chi connectivity index (χ4n) is 3.56. The van der Waals surface area contributed by atoms with Crippen LogP contribution in [0.5, 0.6) is 0 Å². The fraction of sp³-hybridized carbons (Fsp3) is 0.391. The van der Waals surface area contributed by atoms with Crippen LogP contribution in [0.3, 0.4) is 0 Å². The number of ether oxygens (including phenoxy) is 1. The first kappa shape index (κ1) is 22.6. The minimum atomic E-state index is -0.641. The summed E-state index contributed by atoms with van der Waals surface area (Å²) in [5.41, 5.74) is 4.41. The Hall–Kier alpha value is -2.07. The van der Waals surface area contributed by atoms with Gasteiger partial charge in [-0.25, -0.2) is 19.4 Å². The molecular formula is C23H27ClFN3OS. The number of rotatable bonds is 7. The quantitative estimate of drug-likeness (QED) is 0.351. The van der Waals surface area contributed by atoms with Gasteiger partial charge in [-0.05, 0) is 61.9 Å². The minimum absolute atomic E-state index is 0.320. The molecule has 0 spiro atoms. The van der Waals surface area contributed by atoms with E-state index in [4.69, 9.17) is 16.3 Å². The Morgan fingerprint density at radius 1 is 1.27 bits per heavy atom. The van der Waals surface area contributed by atoms with Crippen molar-refractivity contribution < 1.29 is 9.13 Å². The van der Waals surface area contributed by atoms with E-state index < -0.39 is 10.0 Å². The Bertz CT molecular complexity index is 1130. The number of hydrogen-bond acceptors (Lipinski definition) is 3. The van der Waals surface area contributed by atoms with Crippen LogP contribution in [0.4, 0.5) is 4.39 Å². The zero-order valence-corrected chi connectivity index (χ0v) is 19.6. The van der Waals surface area contributed by atoms with Crippen molar-refractivity contribution in [2.75, 3.05) is 31.1 Å². The maximum Gasteiger partial charge on any atom is 0.129 e. The highest BCUT2D eigenvalue weighted by Gasteiger charge is 2.21. The van der Waals surface area contributed by atoms with E-state index in [0.717, 1.165) is 33.5 Å². The molecular weight excluding hydrogens is 421 g/mol. The Balaban J connectivity index is 2.07. The summed E-state index contributed by atoms with van der Waals surface area (Å²) in [6, 6.07) is 7.06. The van der Waals surface area contributed by atoms with Gasteiger partial charge < -0.3 is 9.30 Å². The molecule has 0 bridgehead atoms. The molecule has 0 aliphatic heterocycles. The second-order valence-corrected chi connectivity index (χ2v) is 13.3. The summed E-state index contributed by atoms with van der Waals surface area (Å²) in [7, 11) is -0.641. The number of hydrogen-bond donors (Lipinski definition) is 0. The molecule has 3 aromatic rings. The molecule has 4 nitrogen and oxygen atoms in total. The van der Waals surface area contributed by atoms with Gasteiger partial charge in [0.2, 0.25) is 0 Å². The molecule has 1 aromatic carbocycles. The number of halogens is 2. The average molecular weight is 448 g/mol. The van der Waals surface area contributed by atoms with Crippen molar-refractivity contribution in [1.29, 1.82) is 5.26 Å². The van der Waals surface area contributed by atoms with Crippen LogP contribution in [0.15, 0.2) is 24.4 Å². The molecule has 0 saturated carbocycles. The smallest absolute Gasteiger partial charge is 0.129 e. The van der Waals surface area contributed by atoms with E-state index in [2.05, 4.69) is 29.8 Å². The molecule has 7 heteroatoms. The summed E-state index contributed by atoms with van der Waals surface area (Å²) >= 11 is 6.01. The van der Waals surface area contributed by atoms with Crippen LogP contribution in [0.1, 0.15) is 27.9 Å². The number of pyridine rings is 1. The summed E-state index contributed by atoms with van der Waals surface area (Å²) in [5.74, 6) is 0.627. The molecule has 160 valence electrons. The zero-order chi connectivity index (χ0) is 22.1. The van der Waals surface area contributed by atoms with Gasteiger partial charge in [-0.15, -0.1) is 0 Å². The molecule has 0 unspecified atom stereocenters. The number of nitrogens with zero attached hydrogens (tertiary/aromatic N) is 3. The lowest BCUT2D eigenvalue weighted by Gasteiger charge is -2.24. The highest BCUT2D eigenvalue weighted by atomic mass is 35.5. The largest absolute Gasteiger partial charge is 0.360 e. The van der Waals surface area contributed by atoms with Crippen molar-refractivity contribution in [3.05, 3.63) is 63.3 Å². The number of benzene rings is 1. The lowest BCUT2D eigenvalue weighted by Crippen LogP contribution is -2.11. The highest BCUT2D eigenvalue weighted by molar-refractivity contribution is 8.32. The fourth-order valence-corrected chi connectivity index (χ4v) is 4.37.